The molecular formula is C14H12Cl2. The highest BCUT2D eigenvalue weighted by molar-refractivity contribution is 6.31. The second-order valence-corrected chi connectivity index (χ2v) is 4.67. The zero-order valence-electron chi connectivity index (χ0n) is 9.00. The monoisotopic (exact) mass is 250 g/mol. The van der Waals surface area contributed by atoms with Crippen LogP contribution in [0.2, 0.25) is 10.0 Å². The lowest BCUT2D eigenvalue weighted by atomic mass is 10.0. The van der Waals surface area contributed by atoms with E-state index in [1.807, 2.05) is 43.3 Å². The van der Waals surface area contributed by atoms with Gasteiger partial charge in [0, 0.05) is 10.0 Å². The van der Waals surface area contributed by atoms with Crippen molar-refractivity contribution in [2.75, 3.05) is 0 Å². The summed E-state index contributed by atoms with van der Waals surface area (Å²) in [5.41, 5.74) is 3.66. The molecule has 0 aromatic heterocycles. The Morgan fingerprint density at radius 1 is 0.938 bits per heavy atom. The number of halogens is 2. The van der Waals surface area contributed by atoms with Crippen LogP contribution in [-0.2, 0) is 6.42 Å². The van der Waals surface area contributed by atoms with Crippen molar-refractivity contribution in [1.82, 2.24) is 0 Å². The van der Waals surface area contributed by atoms with Crippen LogP contribution in [0.4, 0.5) is 0 Å². The smallest absolute Gasteiger partial charge is 0.0438 e. The van der Waals surface area contributed by atoms with Gasteiger partial charge in [0.15, 0.2) is 0 Å². The number of rotatable bonds is 2. The Hall–Kier alpha value is -0.980. The van der Waals surface area contributed by atoms with Crippen LogP contribution in [0.15, 0.2) is 42.5 Å². The first-order chi connectivity index (χ1) is 7.66. The third-order valence-electron chi connectivity index (χ3n) is 2.69. The van der Waals surface area contributed by atoms with E-state index < -0.39 is 0 Å². The van der Waals surface area contributed by atoms with Gasteiger partial charge in [-0.25, -0.2) is 0 Å². The number of benzene rings is 2. The lowest BCUT2D eigenvalue weighted by molar-refractivity contribution is 1.16. The second kappa shape index (κ2) is 4.90. The Morgan fingerprint density at radius 3 is 2.31 bits per heavy atom. The summed E-state index contributed by atoms with van der Waals surface area (Å²) >= 11 is 11.9. The lowest BCUT2D eigenvalue weighted by Gasteiger charge is -2.07. The molecule has 0 heterocycles. The third kappa shape index (κ3) is 2.58. The molecule has 2 heteroatoms. The second-order valence-electron chi connectivity index (χ2n) is 3.83. The molecule has 82 valence electrons. The predicted octanol–water partition coefficient (Wildman–Crippen LogP) is 4.89. The van der Waals surface area contributed by atoms with E-state index in [1.165, 1.54) is 11.1 Å². The van der Waals surface area contributed by atoms with Gasteiger partial charge in [-0.3, -0.25) is 0 Å². The summed E-state index contributed by atoms with van der Waals surface area (Å²) in [4.78, 5) is 0. The fourth-order valence-electron chi connectivity index (χ4n) is 1.67. The average Bonchev–Trinajstić information content (AvgIpc) is 2.28. The minimum atomic E-state index is 0.770. The summed E-state index contributed by atoms with van der Waals surface area (Å²) in [6.45, 7) is 2.05. The van der Waals surface area contributed by atoms with E-state index in [4.69, 9.17) is 23.2 Å². The van der Waals surface area contributed by atoms with Crippen molar-refractivity contribution in [3.05, 3.63) is 69.2 Å². The van der Waals surface area contributed by atoms with Gasteiger partial charge in [0.2, 0.25) is 0 Å². The van der Waals surface area contributed by atoms with E-state index in [1.54, 1.807) is 0 Å². The Morgan fingerprint density at radius 2 is 1.62 bits per heavy atom. The van der Waals surface area contributed by atoms with E-state index in [-0.39, 0.29) is 0 Å². The minimum Gasteiger partial charge on any atom is -0.0843 e. The molecule has 0 saturated carbocycles. The van der Waals surface area contributed by atoms with Crippen LogP contribution in [0.5, 0.6) is 0 Å². The fourth-order valence-corrected chi connectivity index (χ4v) is 1.99. The Kier molecular flexibility index (Phi) is 3.52. The van der Waals surface area contributed by atoms with Crippen LogP contribution in [0.1, 0.15) is 16.7 Å². The summed E-state index contributed by atoms with van der Waals surface area (Å²) in [6.07, 6.45) is 0.892. The predicted molar refractivity (Wildman–Crippen MR) is 70.4 cm³/mol. The normalized spacial score (nSPS) is 10.4. The summed E-state index contributed by atoms with van der Waals surface area (Å²) in [5, 5.41) is 1.60. The molecule has 0 fully saturated rings. The van der Waals surface area contributed by atoms with Crippen molar-refractivity contribution in [2.45, 2.75) is 13.3 Å². The summed E-state index contributed by atoms with van der Waals surface area (Å²) in [6, 6.07) is 13.9. The maximum Gasteiger partial charge on any atom is 0.0438 e. The zero-order valence-corrected chi connectivity index (χ0v) is 10.5. The van der Waals surface area contributed by atoms with Crippen molar-refractivity contribution in [2.24, 2.45) is 0 Å². The SMILES string of the molecule is Cc1c(Cl)cccc1Cc1ccc(Cl)cc1. The van der Waals surface area contributed by atoms with Gasteiger partial charge >= 0.3 is 0 Å². The van der Waals surface area contributed by atoms with E-state index in [0.29, 0.717) is 0 Å². The Bertz CT molecular complexity index is 487. The molecule has 0 amide bonds. The summed E-state index contributed by atoms with van der Waals surface area (Å²) < 4.78 is 0. The van der Waals surface area contributed by atoms with E-state index in [2.05, 4.69) is 6.07 Å². The summed E-state index contributed by atoms with van der Waals surface area (Å²) in [7, 11) is 0. The van der Waals surface area contributed by atoms with Crippen LogP contribution < -0.4 is 0 Å². The minimum absolute atomic E-state index is 0.770. The Balaban J connectivity index is 2.27. The molecule has 0 N–H and O–H groups in total. The van der Waals surface area contributed by atoms with E-state index in [0.717, 1.165) is 22.0 Å². The molecule has 0 unspecified atom stereocenters. The molecule has 0 bridgehead atoms. The zero-order chi connectivity index (χ0) is 11.5. The van der Waals surface area contributed by atoms with Crippen LogP contribution in [-0.4, -0.2) is 0 Å². The lowest BCUT2D eigenvalue weighted by Crippen LogP contribution is -1.92. The maximum atomic E-state index is 6.08. The number of hydrogen-bond donors (Lipinski definition) is 0. The van der Waals surface area contributed by atoms with Crippen LogP contribution in [0.3, 0.4) is 0 Å². The molecule has 2 aromatic carbocycles. The number of hydrogen-bond acceptors (Lipinski definition) is 0. The molecule has 0 spiro atoms. The molecule has 0 aliphatic rings. The van der Waals surface area contributed by atoms with E-state index >= 15 is 0 Å². The highest BCUT2D eigenvalue weighted by atomic mass is 35.5. The molecule has 0 nitrogen and oxygen atoms in total. The molecule has 0 aliphatic heterocycles. The molecule has 16 heavy (non-hydrogen) atoms. The van der Waals surface area contributed by atoms with Crippen molar-refractivity contribution in [1.29, 1.82) is 0 Å². The average molecular weight is 251 g/mol. The molecule has 0 radical (unpaired) electrons. The van der Waals surface area contributed by atoms with Gasteiger partial charge in [-0.05, 0) is 48.2 Å². The standard InChI is InChI=1S/C14H12Cl2/c1-10-12(3-2-4-14(10)16)9-11-5-7-13(15)8-6-11/h2-8H,9H2,1H3. The van der Waals surface area contributed by atoms with Crippen molar-refractivity contribution in [3.8, 4) is 0 Å². The van der Waals surface area contributed by atoms with Gasteiger partial charge in [0.25, 0.3) is 0 Å². The van der Waals surface area contributed by atoms with Crippen LogP contribution >= 0.6 is 23.2 Å². The van der Waals surface area contributed by atoms with Gasteiger partial charge in [-0.1, -0.05) is 47.5 Å². The molecule has 2 aromatic rings. The quantitative estimate of drug-likeness (QED) is 0.712. The van der Waals surface area contributed by atoms with Gasteiger partial charge in [0.05, 0.1) is 0 Å². The largest absolute Gasteiger partial charge is 0.0843 e. The highest BCUT2D eigenvalue weighted by Crippen LogP contribution is 2.21. The molecular weight excluding hydrogens is 239 g/mol. The van der Waals surface area contributed by atoms with Gasteiger partial charge < -0.3 is 0 Å². The van der Waals surface area contributed by atoms with Crippen molar-refractivity contribution >= 4 is 23.2 Å². The first kappa shape index (κ1) is 11.5. The third-order valence-corrected chi connectivity index (χ3v) is 3.35. The van der Waals surface area contributed by atoms with Gasteiger partial charge in [-0.15, -0.1) is 0 Å². The Labute approximate surface area is 106 Å². The first-order valence-electron chi connectivity index (χ1n) is 5.15. The molecule has 0 aliphatic carbocycles. The van der Waals surface area contributed by atoms with E-state index in [9.17, 15) is 0 Å². The molecule has 2 rings (SSSR count). The topological polar surface area (TPSA) is 0 Å². The van der Waals surface area contributed by atoms with Crippen LogP contribution in [0.25, 0.3) is 0 Å². The maximum absolute atomic E-state index is 6.08. The van der Waals surface area contributed by atoms with Gasteiger partial charge in [-0.2, -0.15) is 0 Å². The van der Waals surface area contributed by atoms with Crippen molar-refractivity contribution < 1.29 is 0 Å². The van der Waals surface area contributed by atoms with Crippen LogP contribution in [0, 0.1) is 6.92 Å². The van der Waals surface area contributed by atoms with Gasteiger partial charge in [0.1, 0.15) is 0 Å². The highest BCUT2D eigenvalue weighted by Gasteiger charge is 2.03. The first-order valence-corrected chi connectivity index (χ1v) is 5.91. The molecule has 0 atom stereocenters. The summed E-state index contributed by atoms with van der Waals surface area (Å²) in [5.74, 6) is 0. The fraction of sp³-hybridized carbons (Fsp3) is 0.143. The molecule has 0 saturated heterocycles. The van der Waals surface area contributed by atoms with Crippen molar-refractivity contribution in [3.63, 3.8) is 0 Å².